The number of anilines is 1. The average Bonchev–Trinajstić information content (AvgIpc) is 2.16. The lowest BCUT2D eigenvalue weighted by atomic mass is 9.95. The zero-order valence-electron chi connectivity index (χ0n) is 8.27. The van der Waals surface area contributed by atoms with E-state index in [9.17, 15) is 17.6 Å². The summed E-state index contributed by atoms with van der Waals surface area (Å²) in [5, 5.41) is 0. The van der Waals surface area contributed by atoms with E-state index in [4.69, 9.17) is 12.3 Å². The molecule has 1 unspecified atom stereocenters. The molecule has 0 aromatic heterocycles. The largest absolute Gasteiger partial charge is 0.425 e. The van der Waals surface area contributed by atoms with Gasteiger partial charge in [-0.3, -0.25) is 0 Å². The monoisotopic (exact) mass is 232 g/mol. The Kier molecular flexibility index (Phi) is 2.82. The van der Waals surface area contributed by atoms with Crippen molar-refractivity contribution in [3.05, 3.63) is 35.2 Å². The first kappa shape index (κ1) is 12.3. The van der Waals surface area contributed by atoms with Gasteiger partial charge in [-0.1, -0.05) is 6.07 Å². The Balaban J connectivity index is 3.44. The van der Waals surface area contributed by atoms with Gasteiger partial charge in [0.15, 0.2) is 5.69 Å². The minimum absolute atomic E-state index is 0.0180. The van der Waals surface area contributed by atoms with Crippen LogP contribution in [0, 0.1) is 6.57 Å². The van der Waals surface area contributed by atoms with E-state index in [2.05, 4.69) is 4.85 Å². The van der Waals surface area contributed by atoms with Crippen LogP contribution in [0.1, 0.15) is 12.5 Å². The molecule has 1 aromatic rings. The number of rotatable bonds is 1. The summed E-state index contributed by atoms with van der Waals surface area (Å²) in [6.07, 6.45) is -5.08. The highest BCUT2D eigenvalue weighted by Gasteiger charge is 2.54. The van der Waals surface area contributed by atoms with Crippen molar-refractivity contribution >= 4 is 11.4 Å². The Labute approximate surface area is 89.5 Å². The van der Waals surface area contributed by atoms with Gasteiger partial charge in [-0.15, -0.1) is 0 Å². The highest BCUT2D eigenvalue weighted by molar-refractivity contribution is 5.61. The van der Waals surface area contributed by atoms with Crippen LogP contribution in [-0.2, 0) is 5.67 Å². The van der Waals surface area contributed by atoms with Crippen molar-refractivity contribution < 1.29 is 17.6 Å². The van der Waals surface area contributed by atoms with E-state index in [1.54, 1.807) is 0 Å². The van der Waals surface area contributed by atoms with Crippen molar-refractivity contribution in [1.82, 2.24) is 0 Å². The van der Waals surface area contributed by atoms with Crippen molar-refractivity contribution in [2.24, 2.45) is 0 Å². The zero-order chi connectivity index (χ0) is 12.6. The van der Waals surface area contributed by atoms with Gasteiger partial charge in [0.25, 0.3) is 0 Å². The maximum Gasteiger partial charge on any atom is 0.425 e. The first-order valence-electron chi connectivity index (χ1n) is 4.23. The van der Waals surface area contributed by atoms with Crippen LogP contribution in [0.15, 0.2) is 18.2 Å². The fraction of sp³-hybridized carbons (Fsp3) is 0.300. The highest BCUT2D eigenvalue weighted by atomic mass is 19.4. The summed E-state index contributed by atoms with van der Waals surface area (Å²) in [4.78, 5) is 2.85. The molecule has 1 atom stereocenters. The van der Waals surface area contributed by atoms with Crippen LogP contribution in [0.3, 0.4) is 0 Å². The molecule has 0 bridgehead atoms. The normalized spacial score (nSPS) is 15.2. The molecule has 0 spiro atoms. The van der Waals surface area contributed by atoms with E-state index in [1.807, 2.05) is 0 Å². The Morgan fingerprint density at radius 3 is 2.25 bits per heavy atom. The predicted molar refractivity (Wildman–Crippen MR) is 51.6 cm³/mol. The molecule has 86 valence electrons. The summed E-state index contributed by atoms with van der Waals surface area (Å²) < 4.78 is 51.0. The molecule has 0 radical (unpaired) electrons. The molecule has 6 heteroatoms. The molecule has 0 aliphatic heterocycles. The van der Waals surface area contributed by atoms with Crippen molar-refractivity contribution in [3.8, 4) is 0 Å². The van der Waals surface area contributed by atoms with Crippen LogP contribution in [0.2, 0.25) is 0 Å². The lowest BCUT2D eigenvalue weighted by molar-refractivity contribution is -0.228. The summed E-state index contributed by atoms with van der Waals surface area (Å²) in [5.41, 5.74) is 0.539. The van der Waals surface area contributed by atoms with Crippen LogP contribution in [-0.4, -0.2) is 6.18 Å². The number of nitrogen functional groups attached to an aromatic ring is 1. The predicted octanol–water partition coefficient (Wildman–Crippen LogP) is 3.57. The first-order valence-corrected chi connectivity index (χ1v) is 4.23. The van der Waals surface area contributed by atoms with E-state index < -0.39 is 23.1 Å². The fourth-order valence-electron chi connectivity index (χ4n) is 1.18. The Hall–Kier alpha value is -1.77. The van der Waals surface area contributed by atoms with Gasteiger partial charge in [0.1, 0.15) is 0 Å². The minimum atomic E-state index is -5.08. The lowest BCUT2D eigenvalue weighted by Gasteiger charge is -2.25. The van der Waals surface area contributed by atoms with Crippen LogP contribution in [0.5, 0.6) is 0 Å². The molecule has 0 aliphatic carbocycles. The molecular weight excluding hydrogens is 224 g/mol. The zero-order valence-corrected chi connectivity index (χ0v) is 8.27. The summed E-state index contributed by atoms with van der Waals surface area (Å²) in [5.74, 6) is 0. The van der Waals surface area contributed by atoms with E-state index in [0.717, 1.165) is 12.1 Å². The number of alkyl halides is 4. The van der Waals surface area contributed by atoms with Gasteiger partial charge >= 0.3 is 6.18 Å². The molecule has 2 N–H and O–H groups in total. The van der Waals surface area contributed by atoms with E-state index in [1.165, 1.54) is 6.07 Å². The molecule has 0 heterocycles. The molecule has 2 nitrogen and oxygen atoms in total. The second-order valence-corrected chi connectivity index (χ2v) is 3.39. The van der Waals surface area contributed by atoms with Crippen LogP contribution in [0.4, 0.5) is 28.9 Å². The number of nitrogens with two attached hydrogens (primary N) is 1. The smallest absolute Gasteiger partial charge is 0.399 e. The van der Waals surface area contributed by atoms with Crippen molar-refractivity contribution in [2.45, 2.75) is 18.8 Å². The highest BCUT2D eigenvalue weighted by Crippen LogP contribution is 2.46. The van der Waals surface area contributed by atoms with Gasteiger partial charge in [0.05, 0.1) is 6.57 Å². The molecule has 0 amide bonds. The molecule has 0 fully saturated rings. The number of benzene rings is 1. The second kappa shape index (κ2) is 3.67. The van der Waals surface area contributed by atoms with Gasteiger partial charge in [0.2, 0.25) is 5.67 Å². The van der Waals surface area contributed by atoms with Crippen LogP contribution < -0.4 is 5.73 Å². The SMILES string of the molecule is [C-]#[N+]c1ccc(N)cc1C(C)(F)C(F)(F)F. The van der Waals surface area contributed by atoms with Gasteiger partial charge < -0.3 is 5.73 Å². The van der Waals surface area contributed by atoms with Crippen molar-refractivity contribution in [3.63, 3.8) is 0 Å². The topological polar surface area (TPSA) is 30.4 Å². The molecule has 0 aliphatic rings. The van der Waals surface area contributed by atoms with E-state index in [0.29, 0.717) is 6.92 Å². The van der Waals surface area contributed by atoms with Gasteiger partial charge in [-0.05, 0) is 19.1 Å². The van der Waals surface area contributed by atoms with Crippen molar-refractivity contribution in [2.75, 3.05) is 5.73 Å². The molecule has 0 saturated heterocycles. The van der Waals surface area contributed by atoms with Gasteiger partial charge in [-0.25, -0.2) is 9.24 Å². The quantitative estimate of drug-likeness (QED) is 0.448. The summed E-state index contributed by atoms with van der Waals surface area (Å²) in [6.45, 7) is 7.06. The third-order valence-electron chi connectivity index (χ3n) is 2.18. The summed E-state index contributed by atoms with van der Waals surface area (Å²) >= 11 is 0. The molecular formula is C10H8F4N2. The minimum Gasteiger partial charge on any atom is -0.399 e. The maximum atomic E-state index is 13.6. The lowest BCUT2D eigenvalue weighted by Crippen LogP contribution is -2.35. The van der Waals surface area contributed by atoms with Crippen LogP contribution >= 0.6 is 0 Å². The van der Waals surface area contributed by atoms with E-state index >= 15 is 0 Å². The Morgan fingerprint density at radius 1 is 1.25 bits per heavy atom. The third kappa shape index (κ3) is 1.94. The first-order chi connectivity index (χ1) is 7.20. The second-order valence-electron chi connectivity index (χ2n) is 3.39. The molecule has 1 rings (SSSR count). The number of halogens is 4. The average molecular weight is 232 g/mol. The fourth-order valence-corrected chi connectivity index (χ4v) is 1.18. The van der Waals surface area contributed by atoms with Crippen molar-refractivity contribution in [1.29, 1.82) is 0 Å². The Bertz CT molecular complexity index is 443. The number of nitrogens with zero attached hydrogens (tertiary/aromatic N) is 1. The molecule has 16 heavy (non-hydrogen) atoms. The van der Waals surface area contributed by atoms with Gasteiger partial charge in [0, 0.05) is 11.3 Å². The molecule has 0 saturated carbocycles. The van der Waals surface area contributed by atoms with E-state index in [-0.39, 0.29) is 5.69 Å². The molecule has 1 aromatic carbocycles. The summed E-state index contributed by atoms with van der Waals surface area (Å²) in [6, 6.07) is 3.16. The number of hydrogen-bond acceptors (Lipinski definition) is 1. The Morgan fingerprint density at radius 2 is 1.81 bits per heavy atom. The maximum absolute atomic E-state index is 13.6. The standard InChI is InChI=1S/C10H8F4N2/c1-9(11,10(12,13)14)7-5-6(15)3-4-8(7)16-2/h3-5H,15H2,1H3. The third-order valence-corrected chi connectivity index (χ3v) is 2.18. The van der Waals surface area contributed by atoms with Crippen LogP contribution in [0.25, 0.3) is 4.85 Å². The number of hydrogen-bond donors (Lipinski definition) is 1. The van der Waals surface area contributed by atoms with Gasteiger partial charge in [-0.2, -0.15) is 13.2 Å². The summed E-state index contributed by atoms with van der Waals surface area (Å²) in [7, 11) is 0.